The van der Waals surface area contributed by atoms with Gasteiger partial charge < -0.3 is 10.3 Å². The summed E-state index contributed by atoms with van der Waals surface area (Å²) in [5, 5.41) is 3.58. The van der Waals surface area contributed by atoms with Crippen LogP contribution in [0.25, 0.3) is 10.9 Å². The third-order valence-electron chi connectivity index (χ3n) is 2.95. The van der Waals surface area contributed by atoms with E-state index in [1.807, 2.05) is 6.07 Å². The Morgan fingerprint density at radius 3 is 2.85 bits per heavy atom. The predicted octanol–water partition coefficient (Wildman–Crippen LogP) is 2.67. The van der Waals surface area contributed by atoms with Gasteiger partial charge >= 0.3 is 0 Å². The molecule has 4 nitrogen and oxygen atoms in total. The first-order valence-corrected chi connectivity index (χ1v) is 6.20. The summed E-state index contributed by atoms with van der Waals surface area (Å²) in [5.74, 6) is 0.202. The van der Waals surface area contributed by atoms with Crippen LogP contribution in [0.2, 0.25) is 0 Å². The van der Waals surface area contributed by atoms with Crippen LogP contribution >= 0.6 is 0 Å². The number of nitrogens with zero attached hydrogens (tertiary/aromatic N) is 1. The molecular weight excluding hydrogens is 257 g/mol. The summed E-state index contributed by atoms with van der Waals surface area (Å²) < 4.78 is 13.1. The van der Waals surface area contributed by atoms with E-state index in [2.05, 4.69) is 15.3 Å². The Bertz CT molecular complexity index is 813. The van der Waals surface area contributed by atoms with E-state index in [9.17, 15) is 9.18 Å². The number of aromatic amines is 1. The Labute approximate surface area is 114 Å². The number of hydrogen-bond donors (Lipinski definition) is 2. The van der Waals surface area contributed by atoms with Gasteiger partial charge in [-0.3, -0.25) is 4.79 Å². The van der Waals surface area contributed by atoms with Crippen LogP contribution in [0, 0.1) is 5.82 Å². The van der Waals surface area contributed by atoms with Crippen molar-refractivity contribution in [2.45, 2.75) is 6.54 Å². The van der Waals surface area contributed by atoms with Gasteiger partial charge in [-0.05, 0) is 30.3 Å². The highest BCUT2D eigenvalue weighted by Crippen LogP contribution is 2.10. The molecule has 2 N–H and O–H groups in total. The van der Waals surface area contributed by atoms with Crippen molar-refractivity contribution in [2.75, 3.05) is 5.32 Å². The molecule has 1 aromatic heterocycles. The molecule has 100 valence electrons. The molecule has 3 rings (SSSR count). The summed E-state index contributed by atoms with van der Waals surface area (Å²) in [5.41, 5.74) is 1.11. The van der Waals surface area contributed by atoms with Crippen LogP contribution in [0.3, 0.4) is 0 Å². The number of halogens is 1. The van der Waals surface area contributed by atoms with Gasteiger partial charge in [0.2, 0.25) is 0 Å². The third kappa shape index (κ3) is 2.51. The van der Waals surface area contributed by atoms with E-state index in [0.717, 1.165) is 0 Å². The largest absolute Gasteiger partial charge is 0.378 e. The fourth-order valence-electron chi connectivity index (χ4n) is 2.00. The monoisotopic (exact) mass is 269 g/mol. The van der Waals surface area contributed by atoms with Gasteiger partial charge in [-0.1, -0.05) is 18.2 Å². The minimum atomic E-state index is -0.310. The van der Waals surface area contributed by atoms with Gasteiger partial charge in [0, 0.05) is 5.69 Å². The van der Waals surface area contributed by atoms with Crippen molar-refractivity contribution < 1.29 is 4.39 Å². The molecule has 0 atom stereocenters. The summed E-state index contributed by atoms with van der Waals surface area (Å²) in [6.07, 6.45) is 0. The predicted molar refractivity (Wildman–Crippen MR) is 76.1 cm³/mol. The van der Waals surface area contributed by atoms with Crippen LogP contribution in [0.4, 0.5) is 10.1 Å². The van der Waals surface area contributed by atoms with Gasteiger partial charge in [-0.25, -0.2) is 9.37 Å². The van der Waals surface area contributed by atoms with Gasteiger partial charge in [-0.15, -0.1) is 0 Å². The summed E-state index contributed by atoms with van der Waals surface area (Å²) in [6, 6.07) is 13.3. The number of aromatic nitrogens is 2. The fourth-order valence-corrected chi connectivity index (χ4v) is 2.00. The molecule has 0 unspecified atom stereocenters. The smallest absolute Gasteiger partial charge is 0.258 e. The molecule has 1 heterocycles. The Kier molecular flexibility index (Phi) is 3.16. The van der Waals surface area contributed by atoms with Gasteiger partial charge in [0.05, 0.1) is 17.4 Å². The first-order valence-electron chi connectivity index (χ1n) is 6.20. The number of nitrogens with one attached hydrogen (secondary N) is 2. The van der Waals surface area contributed by atoms with Crippen LogP contribution in [0.5, 0.6) is 0 Å². The van der Waals surface area contributed by atoms with E-state index in [1.165, 1.54) is 12.1 Å². The zero-order valence-electron chi connectivity index (χ0n) is 10.6. The molecule has 0 saturated heterocycles. The molecule has 0 radical (unpaired) electrons. The van der Waals surface area contributed by atoms with Gasteiger partial charge in [0.1, 0.15) is 11.6 Å². The third-order valence-corrected chi connectivity index (χ3v) is 2.95. The normalized spacial score (nSPS) is 10.7. The molecule has 0 bridgehead atoms. The average molecular weight is 269 g/mol. The second-order valence-corrected chi connectivity index (χ2v) is 4.39. The molecule has 0 aliphatic carbocycles. The summed E-state index contributed by atoms with van der Waals surface area (Å²) in [4.78, 5) is 19.0. The second kappa shape index (κ2) is 5.13. The number of fused-ring (bicyclic) bond motifs is 1. The van der Waals surface area contributed by atoms with Gasteiger partial charge in [0.15, 0.2) is 0 Å². The minimum absolute atomic E-state index is 0.174. The lowest BCUT2D eigenvalue weighted by molar-refractivity contribution is 0.628. The van der Waals surface area contributed by atoms with Crippen molar-refractivity contribution >= 4 is 16.6 Å². The Morgan fingerprint density at radius 1 is 1.15 bits per heavy atom. The molecule has 0 aliphatic rings. The molecule has 2 aromatic carbocycles. The molecular formula is C15H12FN3O. The van der Waals surface area contributed by atoms with Crippen molar-refractivity contribution in [1.29, 1.82) is 0 Å². The Hall–Kier alpha value is -2.69. The number of hydrogen-bond acceptors (Lipinski definition) is 3. The zero-order chi connectivity index (χ0) is 13.9. The number of H-pyrrole nitrogens is 1. The number of rotatable bonds is 3. The van der Waals surface area contributed by atoms with Crippen molar-refractivity contribution in [3.05, 3.63) is 70.5 Å². The standard InChI is InChI=1S/C15H12FN3O/c16-10-4-3-5-11(8-10)17-9-14-18-13-7-2-1-6-12(13)15(20)19-14/h1-8,17H,9H2,(H,18,19,20). The fraction of sp³-hybridized carbons (Fsp3) is 0.0667. The summed E-state index contributed by atoms with van der Waals surface area (Å²) in [7, 11) is 0. The van der Waals surface area contributed by atoms with E-state index in [-0.39, 0.29) is 11.4 Å². The van der Waals surface area contributed by atoms with Gasteiger partial charge in [-0.2, -0.15) is 0 Å². The molecule has 0 saturated carbocycles. The highest BCUT2D eigenvalue weighted by Gasteiger charge is 2.03. The molecule has 20 heavy (non-hydrogen) atoms. The summed E-state index contributed by atoms with van der Waals surface area (Å²) >= 11 is 0. The molecule has 0 fully saturated rings. The minimum Gasteiger partial charge on any atom is -0.378 e. The van der Waals surface area contributed by atoms with Crippen molar-refractivity contribution in [1.82, 2.24) is 9.97 Å². The molecule has 0 aliphatic heterocycles. The van der Waals surface area contributed by atoms with Crippen molar-refractivity contribution in [3.63, 3.8) is 0 Å². The first-order chi connectivity index (χ1) is 9.72. The van der Waals surface area contributed by atoms with Crippen LogP contribution in [-0.4, -0.2) is 9.97 Å². The first kappa shape index (κ1) is 12.3. The zero-order valence-corrected chi connectivity index (χ0v) is 10.6. The van der Waals surface area contributed by atoms with E-state index in [0.29, 0.717) is 29.0 Å². The maximum absolute atomic E-state index is 13.1. The lowest BCUT2D eigenvalue weighted by atomic mass is 10.2. The van der Waals surface area contributed by atoms with Crippen molar-refractivity contribution in [2.24, 2.45) is 0 Å². The Morgan fingerprint density at radius 2 is 2.00 bits per heavy atom. The topological polar surface area (TPSA) is 57.8 Å². The molecule has 0 spiro atoms. The maximum atomic E-state index is 13.1. The average Bonchev–Trinajstić information content (AvgIpc) is 2.45. The highest BCUT2D eigenvalue weighted by molar-refractivity contribution is 5.77. The van der Waals surface area contributed by atoms with Crippen molar-refractivity contribution in [3.8, 4) is 0 Å². The lowest BCUT2D eigenvalue weighted by Crippen LogP contribution is -2.14. The van der Waals surface area contributed by atoms with Crippen LogP contribution in [0.1, 0.15) is 5.82 Å². The Balaban J connectivity index is 1.86. The summed E-state index contributed by atoms with van der Waals surface area (Å²) in [6.45, 7) is 0.323. The number of anilines is 1. The molecule has 3 aromatic rings. The maximum Gasteiger partial charge on any atom is 0.258 e. The molecule has 0 amide bonds. The van der Waals surface area contributed by atoms with E-state index < -0.39 is 0 Å². The SMILES string of the molecule is O=c1[nH]c(CNc2cccc(F)c2)nc2ccccc12. The van der Waals surface area contributed by atoms with E-state index in [1.54, 1.807) is 30.3 Å². The number of benzene rings is 2. The van der Waals surface area contributed by atoms with E-state index in [4.69, 9.17) is 0 Å². The van der Waals surface area contributed by atoms with Gasteiger partial charge in [0.25, 0.3) is 5.56 Å². The van der Waals surface area contributed by atoms with Crippen LogP contribution in [0.15, 0.2) is 53.3 Å². The quantitative estimate of drug-likeness (QED) is 0.768. The second-order valence-electron chi connectivity index (χ2n) is 4.39. The van der Waals surface area contributed by atoms with Crippen LogP contribution in [-0.2, 0) is 6.54 Å². The lowest BCUT2D eigenvalue weighted by Gasteiger charge is -2.06. The highest BCUT2D eigenvalue weighted by atomic mass is 19.1. The van der Waals surface area contributed by atoms with Crippen LogP contribution < -0.4 is 10.9 Å². The van der Waals surface area contributed by atoms with E-state index >= 15 is 0 Å². The molecule has 5 heteroatoms. The number of para-hydroxylation sites is 1.